The molecule has 0 aromatic heterocycles. The molecule has 0 saturated carbocycles. The van der Waals surface area contributed by atoms with Crippen molar-refractivity contribution in [1.29, 1.82) is 0 Å². The number of fused-ring (bicyclic) bond motifs is 1. The van der Waals surface area contributed by atoms with Gasteiger partial charge in [-0.2, -0.15) is 5.10 Å². The van der Waals surface area contributed by atoms with Crippen molar-refractivity contribution >= 4 is 28.6 Å². The number of nitrogen functional groups attached to an aromatic ring is 1. The summed E-state index contributed by atoms with van der Waals surface area (Å²) in [6, 6.07) is 17.7. The number of nitrogens with one attached hydrogen (secondary N) is 1. The van der Waals surface area contributed by atoms with Gasteiger partial charge in [-0.1, -0.05) is 36.4 Å². The topological polar surface area (TPSA) is 87.7 Å². The molecular formula is C18H15N3O2. The number of phenolic OH excluding ortho intramolecular Hbond substituents is 1. The first-order chi connectivity index (χ1) is 11.1. The number of amides is 1. The van der Waals surface area contributed by atoms with Crippen molar-refractivity contribution in [3.8, 4) is 5.75 Å². The van der Waals surface area contributed by atoms with Gasteiger partial charge in [0.25, 0.3) is 5.91 Å². The van der Waals surface area contributed by atoms with E-state index in [9.17, 15) is 9.90 Å². The number of rotatable bonds is 3. The lowest BCUT2D eigenvalue weighted by atomic mass is 10.0. The maximum atomic E-state index is 12.0. The normalized spacial score (nSPS) is 11.0. The number of carbonyl (C=O) groups is 1. The van der Waals surface area contributed by atoms with Gasteiger partial charge in [0.15, 0.2) is 0 Å². The van der Waals surface area contributed by atoms with E-state index < -0.39 is 0 Å². The lowest BCUT2D eigenvalue weighted by Gasteiger charge is -2.05. The van der Waals surface area contributed by atoms with E-state index in [1.54, 1.807) is 30.3 Å². The van der Waals surface area contributed by atoms with Crippen LogP contribution >= 0.6 is 0 Å². The zero-order chi connectivity index (χ0) is 16.2. The third-order valence-electron chi connectivity index (χ3n) is 3.46. The summed E-state index contributed by atoms with van der Waals surface area (Å²) in [6.07, 6.45) is 1.43. The van der Waals surface area contributed by atoms with E-state index in [1.807, 2.05) is 30.3 Å². The molecule has 0 spiro atoms. The Morgan fingerprint density at radius 3 is 2.74 bits per heavy atom. The van der Waals surface area contributed by atoms with E-state index in [2.05, 4.69) is 10.5 Å². The number of aromatic hydroxyl groups is 1. The van der Waals surface area contributed by atoms with Crippen molar-refractivity contribution in [2.75, 3.05) is 5.73 Å². The monoisotopic (exact) mass is 305 g/mol. The van der Waals surface area contributed by atoms with Crippen LogP contribution in [0.5, 0.6) is 5.75 Å². The van der Waals surface area contributed by atoms with Crippen LogP contribution in [0.25, 0.3) is 10.8 Å². The molecule has 0 aliphatic heterocycles. The van der Waals surface area contributed by atoms with Crippen LogP contribution in [-0.4, -0.2) is 17.2 Å². The first-order valence-corrected chi connectivity index (χ1v) is 7.05. The van der Waals surface area contributed by atoms with Crippen LogP contribution in [0, 0.1) is 0 Å². The summed E-state index contributed by atoms with van der Waals surface area (Å²) >= 11 is 0. The van der Waals surface area contributed by atoms with Gasteiger partial charge in [-0.3, -0.25) is 4.79 Å². The highest BCUT2D eigenvalue weighted by Gasteiger charge is 2.06. The van der Waals surface area contributed by atoms with Gasteiger partial charge in [-0.25, -0.2) is 5.43 Å². The van der Waals surface area contributed by atoms with Gasteiger partial charge in [0.2, 0.25) is 0 Å². The second kappa shape index (κ2) is 6.19. The van der Waals surface area contributed by atoms with Crippen LogP contribution < -0.4 is 11.2 Å². The van der Waals surface area contributed by atoms with Crippen LogP contribution in [0.1, 0.15) is 15.9 Å². The Morgan fingerprint density at radius 2 is 1.91 bits per heavy atom. The molecule has 0 bridgehead atoms. The summed E-state index contributed by atoms with van der Waals surface area (Å²) in [5.41, 5.74) is 9.56. The minimum Gasteiger partial charge on any atom is -0.507 e. The molecule has 3 rings (SSSR count). The molecule has 0 fully saturated rings. The molecule has 5 nitrogen and oxygen atoms in total. The molecule has 114 valence electrons. The van der Waals surface area contributed by atoms with Crippen molar-refractivity contribution in [2.24, 2.45) is 5.10 Å². The second-order valence-electron chi connectivity index (χ2n) is 5.04. The second-order valence-corrected chi connectivity index (χ2v) is 5.04. The number of phenols is 1. The van der Waals surface area contributed by atoms with E-state index in [-0.39, 0.29) is 11.7 Å². The minimum absolute atomic E-state index is 0.102. The van der Waals surface area contributed by atoms with Crippen LogP contribution in [0.3, 0.4) is 0 Å². The average molecular weight is 305 g/mol. The quantitative estimate of drug-likeness (QED) is 0.395. The van der Waals surface area contributed by atoms with Crippen molar-refractivity contribution in [1.82, 2.24) is 5.43 Å². The summed E-state index contributed by atoms with van der Waals surface area (Å²) in [7, 11) is 0. The first kappa shape index (κ1) is 14.6. The van der Waals surface area contributed by atoms with Crippen molar-refractivity contribution in [3.05, 3.63) is 71.8 Å². The fourth-order valence-electron chi connectivity index (χ4n) is 2.32. The van der Waals surface area contributed by atoms with E-state index in [0.717, 1.165) is 10.8 Å². The molecule has 3 aromatic carbocycles. The Kier molecular flexibility index (Phi) is 3.93. The van der Waals surface area contributed by atoms with E-state index in [4.69, 9.17) is 5.73 Å². The fourth-order valence-corrected chi connectivity index (χ4v) is 2.32. The Bertz CT molecular complexity index is 904. The number of nitrogens with zero attached hydrogens (tertiary/aromatic N) is 1. The summed E-state index contributed by atoms with van der Waals surface area (Å²) < 4.78 is 0. The fraction of sp³-hybridized carbons (Fsp3) is 0. The summed E-state index contributed by atoms with van der Waals surface area (Å²) in [5, 5.41) is 15.8. The standard InChI is InChI=1S/C18H15N3O2/c19-14-6-3-5-13(10-14)18(23)21-20-11-16-15-7-2-1-4-12(15)8-9-17(16)22/h1-11,22H,19H2,(H,21,23)/b20-11-. The minimum atomic E-state index is -0.367. The van der Waals surface area contributed by atoms with Gasteiger partial charge >= 0.3 is 0 Å². The number of hydrogen-bond donors (Lipinski definition) is 3. The third kappa shape index (κ3) is 3.13. The maximum absolute atomic E-state index is 12.0. The van der Waals surface area contributed by atoms with Gasteiger partial charge in [0.1, 0.15) is 5.75 Å². The van der Waals surface area contributed by atoms with Crippen molar-refractivity contribution in [2.45, 2.75) is 0 Å². The maximum Gasteiger partial charge on any atom is 0.271 e. The van der Waals surface area contributed by atoms with E-state index in [0.29, 0.717) is 16.8 Å². The van der Waals surface area contributed by atoms with Crippen LogP contribution in [-0.2, 0) is 0 Å². The zero-order valence-electron chi connectivity index (χ0n) is 12.2. The lowest BCUT2D eigenvalue weighted by Crippen LogP contribution is -2.17. The number of anilines is 1. The molecule has 0 unspecified atom stereocenters. The summed E-state index contributed by atoms with van der Waals surface area (Å²) in [4.78, 5) is 12.0. The Morgan fingerprint density at radius 1 is 1.09 bits per heavy atom. The van der Waals surface area contributed by atoms with Crippen LogP contribution in [0.15, 0.2) is 65.8 Å². The van der Waals surface area contributed by atoms with Crippen molar-refractivity contribution in [3.63, 3.8) is 0 Å². The van der Waals surface area contributed by atoms with Gasteiger partial charge in [0.05, 0.1) is 6.21 Å². The van der Waals surface area contributed by atoms with Gasteiger partial charge in [-0.15, -0.1) is 0 Å². The van der Waals surface area contributed by atoms with Gasteiger partial charge in [-0.05, 0) is 35.0 Å². The van der Waals surface area contributed by atoms with Crippen LogP contribution in [0.4, 0.5) is 5.69 Å². The molecular weight excluding hydrogens is 290 g/mol. The smallest absolute Gasteiger partial charge is 0.271 e. The number of carbonyl (C=O) groups excluding carboxylic acids is 1. The van der Waals surface area contributed by atoms with Gasteiger partial charge < -0.3 is 10.8 Å². The molecule has 0 heterocycles. The molecule has 0 aliphatic carbocycles. The predicted octanol–water partition coefficient (Wildman–Crippen LogP) is 2.89. The van der Waals surface area contributed by atoms with Crippen LogP contribution in [0.2, 0.25) is 0 Å². The largest absolute Gasteiger partial charge is 0.507 e. The summed E-state index contributed by atoms with van der Waals surface area (Å²) in [6.45, 7) is 0. The number of nitrogens with two attached hydrogens (primary N) is 1. The van der Waals surface area contributed by atoms with E-state index in [1.165, 1.54) is 6.21 Å². The average Bonchev–Trinajstić information content (AvgIpc) is 2.56. The van der Waals surface area contributed by atoms with Gasteiger partial charge in [0, 0.05) is 16.8 Å². The van der Waals surface area contributed by atoms with E-state index >= 15 is 0 Å². The highest BCUT2D eigenvalue weighted by Crippen LogP contribution is 2.25. The Labute approximate surface area is 133 Å². The molecule has 4 N–H and O–H groups in total. The molecule has 0 saturated heterocycles. The molecule has 1 amide bonds. The Hall–Kier alpha value is -3.34. The number of benzene rings is 3. The highest BCUT2D eigenvalue weighted by molar-refractivity contribution is 6.03. The summed E-state index contributed by atoms with van der Waals surface area (Å²) in [5.74, 6) is -0.265. The zero-order valence-corrected chi connectivity index (χ0v) is 12.2. The predicted molar refractivity (Wildman–Crippen MR) is 91.5 cm³/mol. The molecule has 0 atom stereocenters. The van der Waals surface area contributed by atoms with Crippen molar-refractivity contribution < 1.29 is 9.90 Å². The lowest BCUT2D eigenvalue weighted by molar-refractivity contribution is 0.0955. The Balaban J connectivity index is 1.84. The first-order valence-electron chi connectivity index (χ1n) is 7.05. The molecule has 23 heavy (non-hydrogen) atoms. The molecule has 3 aromatic rings. The number of hydrogen-bond acceptors (Lipinski definition) is 4. The molecule has 0 radical (unpaired) electrons. The molecule has 5 heteroatoms. The number of hydrazone groups is 1. The highest BCUT2D eigenvalue weighted by atomic mass is 16.3. The SMILES string of the molecule is Nc1cccc(C(=O)N/N=C\c2c(O)ccc3ccccc23)c1. The molecule has 0 aliphatic rings. The third-order valence-corrected chi connectivity index (χ3v) is 3.46.